The second-order valence-corrected chi connectivity index (χ2v) is 6.01. The second kappa shape index (κ2) is 8.18. The van der Waals surface area contributed by atoms with Crippen molar-refractivity contribution in [3.63, 3.8) is 0 Å². The Morgan fingerprint density at radius 2 is 1.96 bits per heavy atom. The van der Waals surface area contributed by atoms with E-state index < -0.39 is 5.91 Å². The number of nitrogens with one attached hydrogen (secondary N) is 2. The van der Waals surface area contributed by atoms with Crippen LogP contribution in [0.15, 0.2) is 59.5 Å². The Bertz CT molecular complexity index is 997. The summed E-state index contributed by atoms with van der Waals surface area (Å²) in [7, 11) is 1.61. The normalized spacial score (nSPS) is 10.4. The first-order chi connectivity index (χ1) is 13.0. The molecule has 3 aromatic rings. The molecule has 1 heterocycles. The Labute approximate surface area is 156 Å². The van der Waals surface area contributed by atoms with Crippen LogP contribution in [-0.2, 0) is 13.0 Å². The van der Waals surface area contributed by atoms with Crippen LogP contribution in [0.2, 0.25) is 0 Å². The summed E-state index contributed by atoms with van der Waals surface area (Å²) in [5.41, 5.74) is 8.05. The molecule has 0 spiro atoms. The predicted octanol–water partition coefficient (Wildman–Crippen LogP) is 2.08. The average Bonchev–Trinajstić information content (AvgIpc) is 2.69. The van der Waals surface area contributed by atoms with Crippen molar-refractivity contribution in [2.75, 3.05) is 12.4 Å². The van der Waals surface area contributed by atoms with Crippen molar-refractivity contribution in [2.45, 2.75) is 13.0 Å². The SMILES string of the molecule is COc1cccc(CNc2nc(Cc3ccc(C(N)=O)cc3)c[nH]c2=O)c1. The number of carbonyl (C=O) groups is 1. The Balaban J connectivity index is 1.71. The number of anilines is 1. The molecular weight excluding hydrogens is 344 g/mol. The molecule has 0 aliphatic rings. The lowest BCUT2D eigenvalue weighted by Crippen LogP contribution is -2.17. The molecular formula is C20H20N4O3. The zero-order valence-electron chi connectivity index (χ0n) is 14.9. The standard InChI is InChI=1S/C20H20N4O3/c1-27-17-4-2-3-14(10-17)11-22-19-20(26)23-12-16(24-19)9-13-5-7-15(8-6-13)18(21)25/h2-8,10,12H,9,11H2,1H3,(H2,21,25)(H,22,24)(H,23,26). The summed E-state index contributed by atoms with van der Waals surface area (Å²) in [6, 6.07) is 14.6. The number of primary amides is 1. The van der Waals surface area contributed by atoms with E-state index in [-0.39, 0.29) is 11.4 Å². The van der Waals surface area contributed by atoms with Gasteiger partial charge < -0.3 is 20.8 Å². The van der Waals surface area contributed by atoms with Gasteiger partial charge in [-0.25, -0.2) is 4.98 Å². The van der Waals surface area contributed by atoms with Crippen molar-refractivity contribution in [3.8, 4) is 5.75 Å². The maximum absolute atomic E-state index is 12.0. The Kier molecular flexibility index (Phi) is 5.51. The molecule has 4 N–H and O–H groups in total. The minimum Gasteiger partial charge on any atom is -0.497 e. The number of rotatable bonds is 7. The van der Waals surface area contributed by atoms with E-state index in [0.29, 0.717) is 24.2 Å². The van der Waals surface area contributed by atoms with Gasteiger partial charge >= 0.3 is 0 Å². The summed E-state index contributed by atoms with van der Waals surface area (Å²) in [5, 5.41) is 3.06. The predicted molar refractivity (Wildman–Crippen MR) is 103 cm³/mol. The van der Waals surface area contributed by atoms with E-state index >= 15 is 0 Å². The van der Waals surface area contributed by atoms with Gasteiger partial charge in [0.25, 0.3) is 5.56 Å². The van der Waals surface area contributed by atoms with Crippen molar-refractivity contribution in [1.29, 1.82) is 0 Å². The summed E-state index contributed by atoms with van der Waals surface area (Å²) in [6.45, 7) is 0.448. The van der Waals surface area contributed by atoms with Crippen molar-refractivity contribution in [1.82, 2.24) is 9.97 Å². The highest BCUT2D eigenvalue weighted by Crippen LogP contribution is 2.14. The molecule has 0 fully saturated rings. The second-order valence-electron chi connectivity index (χ2n) is 6.01. The molecule has 0 saturated carbocycles. The topological polar surface area (TPSA) is 110 Å². The lowest BCUT2D eigenvalue weighted by Gasteiger charge is -2.08. The zero-order chi connectivity index (χ0) is 19.2. The van der Waals surface area contributed by atoms with E-state index in [1.807, 2.05) is 36.4 Å². The first kappa shape index (κ1) is 18.2. The fourth-order valence-corrected chi connectivity index (χ4v) is 2.62. The van der Waals surface area contributed by atoms with Crippen molar-refractivity contribution in [3.05, 3.63) is 87.5 Å². The average molecular weight is 364 g/mol. The van der Waals surface area contributed by atoms with Crippen LogP contribution in [0.4, 0.5) is 5.82 Å². The molecule has 0 aliphatic carbocycles. The van der Waals surface area contributed by atoms with E-state index in [1.165, 1.54) is 0 Å². The maximum Gasteiger partial charge on any atom is 0.290 e. The molecule has 0 aliphatic heterocycles. The monoisotopic (exact) mass is 364 g/mol. The smallest absolute Gasteiger partial charge is 0.290 e. The van der Waals surface area contributed by atoms with Crippen LogP contribution in [0.1, 0.15) is 27.2 Å². The molecule has 138 valence electrons. The molecule has 0 bridgehead atoms. The van der Waals surface area contributed by atoms with E-state index in [1.54, 1.807) is 25.4 Å². The van der Waals surface area contributed by atoms with Gasteiger partial charge in [0.1, 0.15) is 5.75 Å². The number of H-pyrrole nitrogens is 1. The van der Waals surface area contributed by atoms with E-state index in [9.17, 15) is 9.59 Å². The van der Waals surface area contributed by atoms with Gasteiger partial charge in [-0.3, -0.25) is 9.59 Å². The van der Waals surface area contributed by atoms with Gasteiger partial charge in [-0.2, -0.15) is 0 Å². The quantitative estimate of drug-likeness (QED) is 0.594. The summed E-state index contributed by atoms with van der Waals surface area (Å²) in [5.74, 6) is 0.543. The van der Waals surface area contributed by atoms with E-state index in [4.69, 9.17) is 10.5 Å². The molecule has 1 amide bonds. The third kappa shape index (κ3) is 4.72. The number of carbonyl (C=O) groups excluding carboxylic acids is 1. The van der Waals surface area contributed by atoms with Gasteiger partial charge in [0, 0.05) is 24.7 Å². The third-order valence-electron chi connectivity index (χ3n) is 4.06. The zero-order valence-corrected chi connectivity index (χ0v) is 14.9. The van der Waals surface area contributed by atoms with Crippen LogP contribution in [0.3, 0.4) is 0 Å². The van der Waals surface area contributed by atoms with E-state index in [0.717, 1.165) is 16.9 Å². The van der Waals surface area contributed by atoms with Crippen molar-refractivity contribution < 1.29 is 9.53 Å². The van der Waals surface area contributed by atoms with Gasteiger partial charge in [-0.1, -0.05) is 24.3 Å². The highest BCUT2D eigenvalue weighted by Gasteiger charge is 2.06. The van der Waals surface area contributed by atoms with Gasteiger partial charge in [-0.15, -0.1) is 0 Å². The van der Waals surface area contributed by atoms with Gasteiger partial charge in [-0.05, 0) is 35.4 Å². The molecule has 1 aromatic heterocycles. The van der Waals surface area contributed by atoms with Crippen LogP contribution in [0, 0.1) is 0 Å². The Hall–Kier alpha value is -3.61. The number of nitrogens with two attached hydrogens (primary N) is 1. The fraction of sp³-hybridized carbons (Fsp3) is 0.150. The minimum absolute atomic E-state index is 0.254. The molecule has 27 heavy (non-hydrogen) atoms. The van der Waals surface area contributed by atoms with E-state index in [2.05, 4.69) is 15.3 Å². The fourth-order valence-electron chi connectivity index (χ4n) is 2.62. The number of ether oxygens (including phenoxy) is 1. The number of amides is 1. The number of hydrogen-bond donors (Lipinski definition) is 3. The van der Waals surface area contributed by atoms with Crippen molar-refractivity contribution >= 4 is 11.7 Å². The van der Waals surface area contributed by atoms with Crippen LogP contribution in [0.5, 0.6) is 5.75 Å². The molecule has 0 saturated heterocycles. The third-order valence-corrected chi connectivity index (χ3v) is 4.06. The number of aromatic amines is 1. The van der Waals surface area contributed by atoms with Crippen LogP contribution < -0.4 is 21.3 Å². The number of methoxy groups -OCH3 is 1. The summed E-state index contributed by atoms with van der Waals surface area (Å²) >= 11 is 0. The Morgan fingerprint density at radius 1 is 1.19 bits per heavy atom. The summed E-state index contributed by atoms with van der Waals surface area (Å²) in [6.07, 6.45) is 2.10. The van der Waals surface area contributed by atoms with Crippen LogP contribution in [-0.4, -0.2) is 23.0 Å². The number of aromatic nitrogens is 2. The largest absolute Gasteiger partial charge is 0.497 e. The summed E-state index contributed by atoms with van der Waals surface area (Å²) < 4.78 is 5.20. The van der Waals surface area contributed by atoms with Crippen LogP contribution >= 0.6 is 0 Å². The molecule has 7 heteroatoms. The highest BCUT2D eigenvalue weighted by molar-refractivity contribution is 5.92. The Morgan fingerprint density at radius 3 is 2.67 bits per heavy atom. The van der Waals surface area contributed by atoms with Crippen LogP contribution in [0.25, 0.3) is 0 Å². The maximum atomic E-state index is 12.0. The number of nitrogens with zero attached hydrogens (tertiary/aromatic N) is 1. The molecule has 2 aromatic carbocycles. The first-order valence-electron chi connectivity index (χ1n) is 8.39. The first-order valence-corrected chi connectivity index (χ1v) is 8.39. The number of benzene rings is 2. The lowest BCUT2D eigenvalue weighted by molar-refractivity contribution is 0.100. The van der Waals surface area contributed by atoms with Gasteiger partial charge in [0.15, 0.2) is 5.82 Å². The molecule has 3 rings (SSSR count). The number of hydrogen-bond acceptors (Lipinski definition) is 5. The lowest BCUT2D eigenvalue weighted by atomic mass is 10.1. The molecule has 0 atom stereocenters. The molecule has 7 nitrogen and oxygen atoms in total. The van der Waals surface area contributed by atoms with Crippen molar-refractivity contribution in [2.24, 2.45) is 5.73 Å². The van der Waals surface area contributed by atoms with Gasteiger partial charge in [0.2, 0.25) is 5.91 Å². The minimum atomic E-state index is -0.465. The van der Waals surface area contributed by atoms with Gasteiger partial charge in [0.05, 0.1) is 12.8 Å². The highest BCUT2D eigenvalue weighted by atomic mass is 16.5. The summed E-state index contributed by atoms with van der Waals surface area (Å²) in [4.78, 5) is 30.3. The molecule has 0 unspecified atom stereocenters. The molecule has 0 radical (unpaired) electrons.